The average molecular weight is 352 g/mol. The van der Waals surface area contributed by atoms with Crippen molar-refractivity contribution in [1.82, 2.24) is 9.80 Å². The number of anilines is 2. The maximum absolute atomic E-state index is 11.8. The van der Waals surface area contributed by atoms with Crippen molar-refractivity contribution in [3.63, 3.8) is 0 Å². The maximum atomic E-state index is 11.8. The van der Waals surface area contributed by atoms with Crippen LogP contribution in [0, 0.1) is 6.92 Å². The summed E-state index contributed by atoms with van der Waals surface area (Å²) in [6.07, 6.45) is -0.999. The molecular formula is C17H28N4O4. The Morgan fingerprint density at radius 2 is 1.56 bits per heavy atom. The van der Waals surface area contributed by atoms with Gasteiger partial charge in [-0.1, -0.05) is 6.07 Å². The molecule has 8 heteroatoms. The van der Waals surface area contributed by atoms with Gasteiger partial charge in [0.05, 0.1) is 0 Å². The van der Waals surface area contributed by atoms with Gasteiger partial charge in [-0.2, -0.15) is 0 Å². The second-order valence-electron chi connectivity index (χ2n) is 6.23. The number of rotatable bonds is 8. The van der Waals surface area contributed by atoms with Gasteiger partial charge in [0.2, 0.25) is 0 Å². The van der Waals surface area contributed by atoms with Crippen molar-refractivity contribution in [3.8, 4) is 0 Å². The summed E-state index contributed by atoms with van der Waals surface area (Å²) in [4.78, 5) is 28.0. The predicted molar refractivity (Wildman–Crippen MR) is 98.2 cm³/mol. The van der Waals surface area contributed by atoms with Crippen molar-refractivity contribution in [2.45, 2.75) is 6.92 Å². The number of carbonyl (C=O) groups excluding carboxylic acids is 2. The van der Waals surface area contributed by atoms with Gasteiger partial charge in [0.1, 0.15) is 13.2 Å². The normalized spacial score (nSPS) is 16.2. The fourth-order valence-corrected chi connectivity index (χ4v) is 2.26. The van der Waals surface area contributed by atoms with Crippen molar-refractivity contribution in [2.75, 3.05) is 63.1 Å². The molecule has 0 atom stereocenters. The first-order valence-corrected chi connectivity index (χ1v) is 8.53. The van der Waals surface area contributed by atoms with E-state index in [2.05, 4.69) is 20.4 Å². The molecule has 0 spiro atoms. The molecule has 0 radical (unpaired) electrons. The molecule has 2 N–H and O–H groups in total. The second-order valence-corrected chi connectivity index (χ2v) is 6.23. The van der Waals surface area contributed by atoms with E-state index in [9.17, 15) is 9.59 Å². The molecule has 0 aromatic heterocycles. The standard InChI is InChI=1S/C17H24N4O4.2H2/c1-13-2-3-14(18-16(22)24-10-8-20-4-5-20)12-15(13)19-17(23)25-11-9-21-6-7-21;;/h2-3,12H,4-11H2,1H3,(H,18,22)(H,19,23);2*1H. The zero-order valence-corrected chi connectivity index (χ0v) is 14.4. The number of ether oxygens (including phenoxy) is 2. The van der Waals surface area contributed by atoms with Crippen LogP contribution >= 0.6 is 0 Å². The van der Waals surface area contributed by atoms with Crippen LogP contribution in [0.2, 0.25) is 0 Å². The largest absolute Gasteiger partial charge is 0.448 e. The van der Waals surface area contributed by atoms with E-state index in [0.717, 1.165) is 44.8 Å². The van der Waals surface area contributed by atoms with Crippen LogP contribution in [0.15, 0.2) is 18.2 Å². The Morgan fingerprint density at radius 1 is 1.00 bits per heavy atom. The molecule has 2 aliphatic heterocycles. The minimum absolute atomic E-state index is 0. The van der Waals surface area contributed by atoms with Crippen LogP contribution in [-0.2, 0) is 9.47 Å². The molecule has 2 amide bonds. The third-order valence-corrected chi connectivity index (χ3v) is 4.08. The first-order valence-electron chi connectivity index (χ1n) is 8.53. The Bertz CT molecular complexity index is 639. The summed E-state index contributed by atoms with van der Waals surface area (Å²) in [5, 5.41) is 5.37. The van der Waals surface area contributed by atoms with Gasteiger partial charge in [-0.05, 0) is 24.6 Å². The van der Waals surface area contributed by atoms with Crippen LogP contribution in [0.3, 0.4) is 0 Å². The van der Waals surface area contributed by atoms with Gasteiger partial charge in [-0.15, -0.1) is 0 Å². The summed E-state index contributed by atoms with van der Waals surface area (Å²) in [6, 6.07) is 5.27. The fourth-order valence-electron chi connectivity index (χ4n) is 2.26. The summed E-state index contributed by atoms with van der Waals surface area (Å²) in [7, 11) is 0. The van der Waals surface area contributed by atoms with E-state index in [1.807, 2.05) is 13.0 Å². The highest BCUT2D eigenvalue weighted by Gasteiger charge is 2.18. The molecule has 2 heterocycles. The molecule has 8 nitrogen and oxygen atoms in total. The number of aryl methyl sites for hydroxylation is 1. The van der Waals surface area contributed by atoms with Gasteiger partial charge in [0.25, 0.3) is 0 Å². The Balaban J connectivity index is 0.00000182. The minimum atomic E-state index is -0.502. The summed E-state index contributed by atoms with van der Waals surface area (Å²) < 4.78 is 10.3. The topological polar surface area (TPSA) is 82.7 Å². The number of amides is 2. The van der Waals surface area contributed by atoms with E-state index in [-0.39, 0.29) is 2.85 Å². The van der Waals surface area contributed by atoms with Gasteiger partial charge in [-0.3, -0.25) is 20.4 Å². The van der Waals surface area contributed by atoms with Gasteiger partial charge in [-0.25, -0.2) is 9.59 Å². The van der Waals surface area contributed by atoms with Crippen LogP contribution in [-0.4, -0.2) is 74.5 Å². The highest BCUT2D eigenvalue weighted by Crippen LogP contribution is 2.20. The third-order valence-electron chi connectivity index (χ3n) is 4.08. The molecule has 2 saturated heterocycles. The van der Waals surface area contributed by atoms with E-state index in [1.54, 1.807) is 12.1 Å². The van der Waals surface area contributed by atoms with E-state index < -0.39 is 12.2 Å². The Labute approximate surface area is 150 Å². The second kappa shape index (κ2) is 8.17. The zero-order chi connectivity index (χ0) is 17.6. The molecule has 25 heavy (non-hydrogen) atoms. The van der Waals surface area contributed by atoms with Crippen LogP contribution in [0.25, 0.3) is 0 Å². The van der Waals surface area contributed by atoms with E-state index >= 15 is 0 Å². The monoisotopic (exact) mass is 352 g/mol. The lowest BCUT2D eigenvalue weighted by Gasteiger charge is -2.12. The molecule has 0 unspecified atom stereocenters. The lowest BCUT2D eigenvalue weighted by Crippen LogP contribution is -2.20. The molecule has 1 aromatic rings. The van der Waals surface area contributed by atoms with Crippen molar-refractivity contribution >= 4 is 23.6 Å². The molecule has 140 valence electrons. The molecule has 1 aromatic carbocycles. The Morgan fingerprint density at radius 3 is 2.12 bits per heavy atom. The first-order chi connectivity index (χ1) is 12.1. The third kappa shape index (κ3) is 6.24. The van der Waals surface area contributed by atoms with Crippen molar-refractivity contribution in [1.29, 1.82) is 0 Å². The number of nitrogens with one attached hydrogen (secondary N) is 2. The number of benzene rings is 1. The van der Waals surface area contributed by atoms with Crippen LogP contribution in [0.1, 0.15) is 8.42 Å². The van der Waals surface area contributed by atoms with Gasteiger partial charge >= 0.3 is 12.2 Å². The van der Waals surface area contributed by atoms with Crippen molar-refractivity contribution in [3.05, 3.63) is 23.8 Å². The molecule has 2 aliphatic rings. The van der Waals surface area contributed by atoms with Gasteiger partial charge in [0.15, 0.2) is 0 Å². The predicted octanol–water partition coefficient (Wildman–Crippen LogP) is 2.22. The van der Waals surface area contributed by atoms with E-state index in [0.29, 0.717) is 24.6 Å². The first kappa shape index (κ1) is 17.5. The van der Waals surface area contributed by atoms with Crippen molar-refractivity contribution < 1.29 is 21.9 Å². The Hall–Kier alpha value is -2.32. The molecule has 0 aliphatic carbocycles. The highest BCUT2D eigenvalue weighted by atomic mass is 16.6. The molecule has 3 rings (SSSR count). The molecule has 0 bridgehead atoms. The number of nitrogens with zero attached hydrogens (tertiary/aromatic N) is 2. The lowest BCUT2D eigenvalue weighted by atomic mass is 10.2. The summed E-state index contributed by atoms with van der Waals surface area (Å²) >= 11 is 0. The van der Waals surface area contributed by atoms with E-state index in [1.165, 1.54) is 0 Å². The van der Waals surface area contributed by atoms with E-state index in [4.69, 9.17) is 9.47 Å². The maximum Gasteiger partial charge on any atom is 0.411 e. The summed E-state index contributed by atoms with van der Waals surface area (Å²) in [5.74, 6) is 0. The lowest BCUT2D eigenvalue weighted by molar-refractivity contribution is 0.156. The van der Waals surface area contributed by atoms with Crippen LogP contribution in [0.5, 0.6) is 0 Å². The quantitative estimate of drug-likeness (QED) is 0.698. The SMILES string of the molecule is Cc1ccc(NC(=O)OCCN2CC2)cc1NC(=O)OCCN1CC1.[HH].[HH]. The molecule has 2 fully saturated rings. The summed E-state index contributed by atoms with van der Waals surface area (Å²) in [5.41, 5.74) is 2.03. The molecular weight excluding hydrogens is 324 g/mol. The number of hydrogen-bond donors (Lipinski definition) is 2. The van der Waals surface area contributed by atoms with Gasteiger partial charge in [0, 0.05) is 53.5 Å². The van der Waals surface area contributed by atoms with Crippen molar-refractivity contribution in [2.24, 2.45) is 0 Å². The minimum Gasteiger partial charge on any atom is -0.448 e. The average Bonchev–Trinajstić information content (AvgIpc) is 3.45. The Kier molecular flexibility index (Phi) is 5.72. The fraction of sp³-hybridized carbons (Fsp3) is 0.529. The zero-order valence-electron chi connectivity index (χ0n) is 14.4. The van der Waals surface area contributed by atoms with Crippen LogP contribution in [0.4, 0.5) is 21.0 Å². The number of carbonyl (C=O) groups is 2. The highest BCUT2D eigenvalue weighted by molar-refractivity contribution is 5.89. The summed E-state index contributed by atoms with van der Waals surface area (Å²) in [6.45, 7) is 8.43. The number of hydrogen-bond acceptors (Lipinski definition) is 6. The van der Waals surface area contributed by atoms with Gasteiger partial charge < -0.3 is 9.47 Å². The smallest absolute Gasteiger partial charge is 0.411 e. The van der Waals surface area contributed by atoms with Crippen LogP contribution < -0.4 is 10.6 Å². The molecule has 0 saturated carbocycles.